The van der Waals surface area contributed by atoms with E-state index in [4.69, 9.17) is 16.9 Å². The number of hydrogen-bond donors (Lipinski definition) is 1. The number of aromatic nitrogens is 1. The van der Waals surface area contributed by atoms with E-state index in [2.05, 4.69) is 15.3 Å². The minimum Gasteiger partial charge on any atom is -0.361 e. The first-order chi connectivity index (χ1) is 9.67. The maximum absolute atomic E-state index is 13.7. The van der Waals surface area contributed by atoms with Crippen LogP contribution in [0.2, 0.25) is 5.02 Å². The van der Waals surface area contributed by atoms with Crippen LogP contribution in [0, 0.1) is 17.1 Å². The van der Waals surface area contributed by atoms with Crippen molar-refractivity contribution in [3.05, 3.63) is 16.9 Å². The summed E-state index contributed by atoms with van der Waals surface area (Å²) in [5.41, 5.74) is 0.275. The van der Waals surface area contributed by atoms with Crippen molar-refractivity contribution in [1.82, 2.24) is 4.98 Å². The number of nitrogens with one attached hydrogen (secondary N) is 1. The van der Waals surface area contributed by atoms with Crippen LogP contribution in [-0.2, 0) is 4.79 Å². The van der Waals surface area contributed by atoms with Crippen molar-refractivity contribution < 1.29 is 9.18 Å². The zero-order valence-electron chi connectivity index (χ0n) is 10.1. The molecule has 0 atom stereocenters. The van der Waals surface area contributed by atoms with Crippen LogP contribution in [0.5, 0.6) is 0 Å². The van der Waals surface area contributed by atoms with Gasteiger partial charge >= 0.3 is 0 Å². The second kappa shape index (κ2) is 6.44. The van der Waals surface area contributed by atoms with Gasteiger partial charge in [-0.25, -0.2) is 14.2 Å². The van der Waals surface area contributed by atoms with Gasteiger partial charge in [-0.05, 0) is 12.5 Å². The number of benzene rings is 1. The Kier molecular flexibility index (Phi) is 4.64. The van der Waals surface area contributed by atoms with Gasteiger partial charge in [0.25, 0.3) is 0 Å². The molecular weight excluding hydrogens is 303 g/mol. The number of fused-ring (bicyclic) bond motifs is 1. The molecule has 0 saturated carbocycles. The second-order valence-electron chi connectivity index (χ2n) is 3.78. The quantitative estimate of drug-likeness (QED) is 0.518. The largest absolute Gasteiger partial charge is 0.361 e. The van der Waals surface area contributed by atoms with E-state index in [1.807, 2.05) is 6.07 Å². The number of aliphatic imine (C=N–C) groups is 1. The fraction of sp³-hybridized carbons (Fsp3) is 0.250. The molecule has 0 spiro atoms. The minimum atomic E-state index is -0.689. The van der Waals surface area contributed by atoms with Crippen molar-refractivity contribution in [3.8, 4) is 6.07 Å². The van der Waals surface area contributed by atoms with E-state index in [1.54, 1.807) is 0 Å². The SMILES string of the molecule is N#CCCCNc1nc2c(Cl)cc(F)c(N=C=O)c2s1. The van der Waals surface area contributed by atoms with Crippen molar-refractivity contribution in [2.24, 2.45) is 4.99 Å². The van der Waals surface area contributed by atoms with Gasteiger partial charge in [0.05, 0.1) is 15.8 Å². The normalized spacial score (nSPS) is 10.1. The summed E-state index contributed by atoms with van der Waals surface area (Å²) >= 11 is 7.07. The molecular formula is C12H8ClFN4OS. The number of isocyanates is 1. The van der Waals surface area contributed by atoms with Crippen LogP contribution in [0.1, 0.15) is 12.8 Å². The summed E-state index contributed by atoms with van der Waals surface area (Å²) < 4.78 is 14.1. The van der Waals surface area contributed by atoms with Crippen molar-refractivity contribution in [2.75, 3.05) is 11.9 Å². The molecule has 0 bridgehead atoms. The summed E-state index contributed by atoms with van der Waals surface area (Å²) in [5, 5.41) is 12.2. The van der Waals surface area contributed by atoms with E-state index >= 15 is 0 Å². The van der Waals surface area contributed by atoms with Gasteiger partial charge < -0.3 is 5.32 Å². The van der Waals surface area contributed by atoms with Crippen molar-refractivity contribution in [3.63, 3.8) is 0 Å². The molecule has 0 saturated heterocycles. The highest BCUT2D eigenvalue weighted by atomic mass is 35.5. The molecule has 0 radical (unpaired) electrons. The number of unbranched alkanes of at least 4 members (excludes halogenated alkanes) is 1. The molecule has 1 aromatic heterocycles. The summed E-state index contributed by atoms with van der Waals surface area (Å²) in [6.07, 6.45) is 2.43. The van der Waals surface area contributed by atoms with Crippen molar-refractivity contribution in [1.29, 1.82) is 5.26 Å². The highest BCUT2D eigenvalue weighted by Crippen LogP contribution is 2.39. The van der Waals surface area contributed by atoms with Crippen LogP contribution in [-0.4, -0.2) is 17.6 Å². The molecule has 5 nitrogen and oxygen atoms in total. The molecule has 20 heavy (non-hydrogen) atoms. The van der Waals surface area contributed by atoms with Gasteiger partial charge in [0.2, 0.25) is 6.08 Å². The van der Waals surface area contributed by atoms with Gasteiger partial charge in [0, 0.05) is 13.0 Å². The van der Waals surface area contributed by atoms with E-state index in [9.17, 15) is 9.18 Å². The van der Waals surface area contributed by atoms with Gasteiger partial charge in [0.15, 0.2) is 10.9 Å². The Balaban J connectivity index is 2.37. The molecule has 0 aliphatic carbocycles. The van der Waals surface area contributed by atoms with E-state index in [-0.39, 0.29) is 10.7 Å². The Bertz CT molecular complexity index is 733. The predicted molar refractivity (Wildman–Crippen MR) is 75.7 cm³/mol. The lowest BCUT2D eigenvalue weighted by Crippen LogP contribution is -1.99. The average molecular weight is 311 g/mol. The number of nitrogens with zero attached hydrogens (tertiary/aromatic N) is 3. The lowest BCUT2D eigenvalue weighted by atomic mass is 10.3. The van der Waals surface area contributed by atoms with Crippen molar-refractivity contribution >= 4 is 50.1 Å². The number of carbonyl (C=O) groups excluding carboxylic acids is 1. The number of thiazole rings is 1. The summed E-state index contributed by atoms with van der Waals surface area (Å²) in [6, 6.07) is 3.11. The maximum Gasteiger partial charge on any atom is 0.240 e. The van der Waals surface area contributed by atoms with Crippen molar-refractivity contribution in [2.45, 2.75) is 12.8 Å². The zero-order chi connectivity index (χ0) is 14.5. The van der Waals surface area contributed by atoms with Crippen LogP contribution in [0.3, 0.4) is 0 Å². The summed E-state index contributed by atoms with van der Waals surface area (Å²) in [6.45, 7) is 0.569. The Morgan fingerprint density at radius 3 is 3.10 bits per heavy atom. The smallest absolute Gasteiger partial charge is 0.240 e. The third-order valence-electron chi connectivity index (χ3n) is 2.45. The molecule has 0 aliphatic heterocycles. The zero-order valence-corrected chi connectivity index (χ0v) is 11.7. The summed E-state index contributed by atoms with van der Waals surface area (Å²) in [7, 11) is 0. The van der Waals surface area contributed by atoms with E-state index < -0.39 is 5.82 Å². The van der Waals surface area contributed by atoms with Gasteiger partial charge in [-0.2, -0.15) is 10.3 Å². The lowest BCUT2D eigenvalue weighted by molar-refractivity contribution is 0.564. The highest BCUT2D eigenvalue weighted by Gasteiger charge is 2.16. The average Bonchev–Trinajstić information content (AvgIpc) is 2.84. The molecule has 102 valence electrons. The van der Waals surface area contributed by atoms with Crippen LogP contribution >= 0.6 is 22.9 Å². The Morgan fingerprint density at radius 2 is 2.40 bits per heavy atom. The fourth-order valence-electron chi connectivity index (χ4n) is 1.59. The number of halogens is 2. The molecule has 0 amide bonds. The standard InChI is InChI=1S/C12H8ClFN4OS/c13-7-5-8(14)10(17-6-19)11-9(7)18-12(20-11)16-4-2-1-3-15/h5H,1-2,4H2,(H,16,18). The van der Waals surface area contributed by atoms with Gasteiger partial charge in [-0.3, -0.25) is 0 Å². The second-order valence-corrected chi connectivity index (χ2v) is 5.18. The molecule has 0 fully saturated rings. The number of nitriles is 1. The summed E-state index contributed by atoms with van der Waals surface area (Å²) in [5.74, 6) is -0.689. The molecule has 8 heteroatoms. The van der Waals surface area contributed by atoms with Crippen LogP contribution in [0.4, 0.5) is 15.2 Å². The van der Waals surface area contributed by atoms with Gasteiger partial charge in [-0.1, -0.05) is 22.9 Å². The summed E-state index contributed by atoms with van der Waals surface area (Å²) in [4.78, 5) is 17.9. The number of rotatable bonds is 5. The third kappa shape index (κ3) is 2.94. The van der Waals surface area contributed by atoms with Gasteiger partial charge in [-0.15, -0.1) is 0 Å². The molecule has 1 N–H and O–H groups in total. The van der Waals surface area contributed by atoms with Crippen LogP contribution < -0.4 is 5.32 Å². The Morgan fingerprint density at radius 1 is 1.60 bits per heavy atom. The maximum atomic E-state index is 13.7. The first-order valence-electron chi connectivity index (χ1n) is 5.64. The predicted octanol–water partition coefficient (Wildman–Crippen LogP) is 3.77. The van der Waals surface area contributed by atoms with E-state index in [0.717, 1.165) is 17.4 Å². The molecule has 1 aromatic carbocycles. The van der Waals surface area contributed by atoms with Gasteiger partial charge in [0.1, 0.15) is 11.2 Å². The molecule has 2 rings (SSSR count). The Hall–Kier alpha value is -2.00. The number of hydrogen-bond acceptors (Lipinski definition) is 6. The highest BCUT2D eigenvalue weighted by molar-refractivity contribution is 7.22. The van der Waals surface area contributed by atoms with E-state index in [0.29, 0.717) is 34.7 Å². The van der Waals surface area contributed by atoms with Crippen LogP contribution in [0.25, 0.3) is 10.2 Å². The van der Waals surface area contributed by atoms with Crippen LogP contribution in [0.15, 0.2) is 11.1 Å². The Labute approximate surface area is 122 Å². The van der Waals surface area contributed by atoms with E-state index in [1.165, 1.54) is 6.08 Å². The topological polar surface area (TPSA) is 78.1 Å². The first-order valence-corrected chi connectivity index (χ1v) is 6.84. The first kappa shape index (κ1) is 14.4. The molecule has 0 aliphatic rings. The number of anilines is 1. The lowest BCUT2D eigenvalue weighted by Gasteiger charge is -1.97. The molecule has 0 unspecified atom stereocenters. The monoisotopic (exact) mass is 310 g/mol. The molecule has 1 heterocycles. The third-order valence-corrected chi connectivity index (χ3v) is 3.76. The minimum absolute atomic E-state index is 0.109. The molecule has 2 aromatic rings. The fourth-order valence-corrected chi connectivity index (χ4v) is 2.87.